The van der Waals surface area contributed by atoms with Crippen LogP contribution >= 0.6 is 0 Å². The minimum Gasteiger partial charge on any atom is -0.382 e. The van der Waals surface area contributed by atoms with Gasteiger partial charge in [-0.1, -0.05) is 32.0 Å². The number of anilines is 1. The van der Waals surface area contributed by atoms with Gasteiger partial charge in [0.2, 0.25) is 0 Å². The molecule has 3 atom stereocenters. The van der Waals surface area contributed by atoms with E-state index in [0.717, 1.165) is 18.4 Å². The van der Waals surface area contributed by atoms with E-state index in [9.17, 15) is 0 Å². The van der Waals surface area contributed by atoms with E-state index in [4.69, 9.17) is 4.74 Å². The molecule has 1 aliphatic carbocycles. The van der Waals surface area contributed by atoms with E-state index in [0.29, 0.717) is 12.6 Å². The molecule has 1 fully saturated rings. The van der Waals surface area contributed by atoms with Gasteiger partial charge in [-0.25, -0.2) is 0 Å². The van der Waals surface area contributed by atoms with Crippen LogP contribution in [0.5, 0.6) is 0 Å². The van der Waals surface area contributed by atoms with Crippen molar-refractivity contribution in [3.63, 3.8) is 0 Å². The van der Waals surface area contributed by atoms with E-state index < -0.39 is 0 Å². The Morgan fingerprint density at radius 1 is 1.21 bits per heavy atom. The van der Waals surface area contributed by atoms with Crippen LogP contribution in [0.2, 0.25) is 0 Å². The maximum Gasteiger partial charge on any atom is 0.0736 e. The molecule has 0 aliphatic heterocycles. The van der Waals surface area contributed by atoms with Gasteiger partial charge < -0.3 is 10.1 Å². The van der Waals surface area contributed by atoms with Gasteiger partial charge in [-0.05, 0) is 44.1 Å². The van der Waals surface area contributed by atoms with Crippen molar-refractivity contribution in [2.45, 2.75) is 52.7 Å². The Bertz CT molecular complexity index is 391. The van der Waals surface area contributed by atoms with Gasteiger partial charge >= 0.3 is 0 Å². The Kier molecular flexibility index (Phi) is 5.26. The van der Waals surface area contributed by atoms with E-state index in [1.165, 1.54) is 30.5 Å². The van der Waals surface area contributed by atoms with Crippen LogP contribution in [0.15, 0.2) is 24.3 Å². The monoisotopic (exact) mass is 261 g/mol. The van der Waals surface area contributed by atoms with Gasteiger partial charge in [0.25, 0.3) is 0 Å². The van der Waals surface area contributed by atoms with Crippen molar-refractivity contribution in [2.24, 2.45) is 11.8 Å². The smallest absolute Gasteiger partial charge is 0.0736 e. The third kappa shape index (κ3) is 3.97. The molecule has 3 unspecified atom stereocenters. The summed E-state index contributed by atoms with van der Waals surface area (Å²) in [6.45, 7) is 8.26. The van der Waals surface area contributed by atoms with Crippen LogP contribution in [0.1, 0.15) is 45.6 Å². The lowest BCUT2D eigenvalue weighted by molar-refractivity contribution is 0.134. The second-order valence-corrected chi connectivity index (χ2v) is 5.94. The highest BCUT2D eigenvalue weighted by atomic mass is 16.5. The quantitative estimate of drug-likeness (QED) is 0.845. The Hall–Kier alpha value is -1.02. The van der Waals surface area contributed by atoms with Gasteiger partial charge in [-0.3, -0.25) is 0 Å². The lowest BCUT2D eigenvalue weighted by Crippen LogP contribution is -2.33. The second kappa shape index (κ2) is 6.95. The van der Waals surface area contributed by atoms with Crippen molar-refractivity contribution in [2.75, 3.05) is 11.9 Å². The Balaban J connectivity index is 2.01. The number of rotatable bonds is 5. The molecule has 0 radical (unpaired) electrons. The first-order chi connectivity index (χ1) is 9.20. The van der Waals surface area contributed by atoms with E-state index in [2.05, 4.69) is 43.4 Å². The minimum absolute atomic E-state index is 0.610. The number of ether oxygens (including phenoxy) is 1. The molecule has 19 heavy (non-hydrogen) atoms. The van der Waals surface area contributed by atoms with Crippen molar-refractivity contribution < 1.29 is 4.74 Å². The highest BCUT2D eigenvalue weighted by Crippen LogP contribution is 2.31. The molecule has 1 saturated carbocycles. The molecule has 1 aliphatic rings. The Morgan fingerprint density at radius 3 is 2.74 bits per heavy atom. The van der Waals surface area contributed by atoms with Crippen molar-refractivity contribution >= 4 is 5.69 Å². The van der Waals surface area contributed by atoms with Crippen molar-refractivity contribution in [1.82, 2.24) is 0 Å². The zero-order valence-electron chi connectivity index (χ0n) is 12.5. The number of benzene rings is 1. The van der Waals surface area contributed by atoms with Crippen molar-refractivity contribution in [1.29, 1.82) is 0 Å². The average molecular weight is 261 g/mol. The maximum absolute atomic E-state index is 5.55. The first-order valence-electron chi connectivity index (χ1n) is 7.63. The average Bonchev–Trinajstić information content (AvgIpc) is 2.41. The van der Waals surface area contributed by atoms with E-state index >= 15 is 0 Å². The summed E-state index contributed by atoms with van der Waals surface area (Å²) < 4.78 is 5.55. The Labute approximate surface area is 117 Å². The number of hydrogen-bond donors (Lipinski definition) is 1. The molecular weight excluding hydrogens is 234 g/mol. The third-order valence-corrected chi connectivity index (χ3v) is 4.25. The molecule has 2 rings (SSSR count). The summed E-state index contributed by atoms with van der Waals surface area (Å²) in [4.78, 5) is 0. The zero-order chi connectivity index (χ0) is 13.7. The summed E-state index contributed by atoms with van der Waals surface area (Å²) in [6.07, 6.45) is 3.96. The predicted molar refractivity (Wildman–Crippen MR) is 81.4 cm³/mol. The van der Waals surface area contributed by atoms with E-state index in [1.54, 1.807) is 0 Å². The van der Waals surface area contributed by atoms with Crippen LogP contribution in [0.4, 0.5) is 5.69 Å². The molecular formula is C17H27NO. The van der Waals surface area contributed by atoms with E-state index in [-0.39, 0.29) is 0 Å². The highest BCUT2D eigenvalue weighted by molar-refractivity contribution is 5.51. The fourth-order valence-corrected chi connectivity index (χ4v) is 3.08. The van der Waals surface area contributed by atoms with Crippen LogP contribution in [0, 0.1) is 11.8 Å². The Morgan fingerprint density at radius 2 is 2.00 bits per heavy atom. The normalized spacial score (nSPS) is 27.2. The van der Waals surface area contributed by atoms with Crippen LogP contribution in [0.25, 0.3) is 0 Å². The molecule has 0 aromatic heterocycles. The largest absolute Gasteiger partial charge is 0.382 e. The maximum atomic E-state index is 5.55. The second-order valence-electron chi connectivity index (χ2n) is 5.94. The standard InChI is InChI=1S/C17H27NO/c1-4-19-12-15-7-5-6-8-17(15)18-16-10-9-13(2)11-14(16)3/h5-8,13-14,16,18H,4,9-12H2,1-3H3. The van der Waals surface area contributed by atoms with Crippen LogP contribution < -0.4 is 5.32 Å². The lowest BCUT2D eigenvalue weighted by Gasteiger charge is -2.34. The van der Waals surface area contributed by atoms with E-state index in [1.807, 2.05) is 6.92 Å². The van der Waals surface area contributed by atoms with Crippen LogP contribution in [0.3, 0.4) is 0 Å². The molecule has 0 spiro atoms. The fourth-order valence-electron chi connectivity index (χ4n) is 3.08. The van der Waals surface area contributed by atoms with Gasteiger partial charge in [0.05, 0.1) is 6.61 Å². The molecule has 0 saturated heterocycles. The van der Waals surface area contributed by atoms with Gasteiger partial charge in [0.1, 0.15) is 0 Å². The summed E-state index contributed by atoms with van der Waals surface area (Å²) in [5, 5.41) is 3.75. The fraction of sp³-hybridized carbons (Fsp3) is 0.647. The summed E-state index contributed by atoms with van der Waals surface area (Å²) in [6, 6.07) is 9.14. The highest BCUT2D eigenvalue weighted by Gasteiger charge is 2.25. The first kappa shape index (κ1) is 14.4. The first-order valence-corrected chi connectivity index (χ1v) is 7.63. The molecule has 0 heterocycles. The molecule has 0 bridgehead atoms. The third-order valence-electron chi connectivity index (χ3n) is 4.25. The number of hydrogen-bond acceptors (Lipinski definition) is 2. The number of nitrogens with one attached hydrogen (secondary N) is 1. The van der Waals surface area contributed by atoms with Crippen molar-refractivity contribution in [3.8, 4) is 0 Å². The minimum atomic E-state index is 0.610. The van der Waals surface area contributed by atoms with Gasteiger partial charge in [-0.2, -0.15) is 0 Å². The summed E-state index contributed by atoms with van der Waals surface area (Å²) in [7, 11) is 0. The molecule has 1 aromatic carbocycles. The lowest BCUT2D eigenvalue weighted by atomic mass is 9.80. The van der Waals surface area contributed by atoms with Gasteiger partial charge in [-0.15, -0.1) is 0 Å². The van der Waals surface area contributed by atoms with Crippen LogP contribution in [-0.2, 0) is 11.3 Å². The predicted octanol–water partition coefficient (Wildman–Crippen LogP) is 4.46. The molecule has 1 N–H and O–H groups in total. The molecule has 2 nitrogen and oxygen atoms in total. The molecule has 2 heteroatoms. The molecule has 0 amide bonds. The summed E-state index contributed by atoms with van der Waals surface area (Å²) >= 11 is 0. The molecule has 1 aromatic rings. The van der Waals surface area contributed by atoms with Gasteiger partial charge in [0, 0.05) is 23.9 Å². The number of para-hydroxylation sites is 1. The summed E-state index contributed by atoms with van der Waals surface area (Å²) in [5.74, 6) is 1.63. The van der Waals surface area contributed by atoms with Crippen molar-refractivity contribution in [3.05, 3.63) is 29.8 Å². The molecule has 106 valence electrons. The SMILES string of the molecule is CCOCc1ccccc1NC1CCC(C)CC1C. The topological polar surface area (TPSA) is 21.3 Å². The van der Waals surface area contributed by atoms with Crippen LogP contribution in [-0.4, -0.2) is 12.6 Å². The zero-order valence-corrected chi connectivity index (χ0v) is 12.5. The van der Waals surface area contributed by atoms with Gasteiger partial charge in [0.15, 0.2) is 0 Å². The summed E-state index contributed by atoms with van der Waals surface area (Å²) in [5.41, 5.74) is 2.53.